The van der Waals surface area contributed by atoms with Gasteiger partial charge in [0.25, 0.3) is 0 Å². The van der Waals surface area contributed by atoms with E-state index in [2.05, 4.69) is 37.2 Å². The van der Waals surface area contributed by atoms with Crippen LogP contribution in [0.5, 0.6) is 5.75 Å². The summed E-state index contributed by atoms with van der Waals surface area (Å²) in [6.45, 7) is 3.90. The number of nitrogens with zero attached hydrogens (tertiary/aromatic N) is 2. The van der Waals surface area contributed by atoms with Gasteiger partial charge in [0.2, 0.25) is 59.1 Å². The van der Waals surface area contributed by atoms with Crippen LogP contribution < -0.4 is 54.4 Å². The number of phenols is 1. The average Bonchev–Trinajstić information content (AvgIpc) is 3.35. The van der Waals surface area contributed by atoms with E-state index >= 15 is 0 Å². The van der Waals surface area contributed by atoms with Crippen LogP contribution in [0.1, 0.15) is 103 Å². The molecule has 3 saturated heterocycles. The molecule has 0 spiro atoms. The molecule has 3 aliphatic rings. The minimum Gasteiger partial charge on any atom is -0.508 e. The number of unbranched alkanes of at least 4 members (excludes halogenated alkanes) is 1. The van der Waals surface area contributed by atoms with Crippen molar-refractivity contribution in [1.29, 1.82) is 0 Å². The SMILES string of the molecule is CC(C)C[C@@H]1NC(=O)[C@@H]2CCCN2C(=O)[C@@H](NC(=O)[C@H](CCCCN)NC(=O)[C@@H](N)CO)CSSC[C@@H](C(N)=O)CC(O)[C@H](CCC(=O)O)NC(=O)[C@H](Cc2ccc(O)cc2)NC(=O)[C@@H]2CCCN2C(=O)[C@H](C(C)O)NC(=O)[C@H](CC(=O)O)NC1=O. The topological polar surface area (TPSA) is 495 Å². The number of hydrogen-bond donors (Lipinski definition) is 16. The summed E-state index contributed by atoms with van der Waals surface area (Å²) in [6.07, 6.45) is -4.94. The second kappa shape index (κ2) is 35.1. The molecule has 0 saturated carbocycles. The second-order valence-electron chi connectivity index (χ2n) is 22.1. The molecular weight excluding hydrogens is 1170 g/mol. The van der Waals surface area contributed by atoms with Crippen molar-refractivity contribution >= 4 is 92.6 Å². The Bertz CT molecular complexity index is 2550. The normalized spacial score (nSPS) is 26.6. The molecule has 19 N–H and O–H groups in total. The number of fused-ring (bicyclic) bond motifs is 2. The first kappa shape index (κ1) is 71.6. The summed E-state index contributed by atoms with van der Waals surface area (Å²) in [5.41, 5.74) is 17.7. The van der Waals surface area contributed by atoms with Crippen LogP contribution in [0, 0.1) is 11.8 Å². The molecule has 32 heteroatoms. The van der Waals surface area contributed by atoms with Crippen molar-refractivity contribution in [1.82, 2.24) is 47.0 Å². The lowest BCUT2D eigenvalue weighted by Crippen LogP contribution is -2.62. The van der Waals surface area contributed by atoms with Gasteiger partial charge in [0, 0.05) is 37.4 Å². The van der Waals surface area contributed by atoms with Crippen molar-refractivity contribution < 1.29 is 88.2 Å². The molecule has 1 aromatic rings. The number of carbonyl (C=O) groups excluding carboxylic acids is 10. The largest absolute Gasteiger partial charge is 0.508 e. The average molecular weight is 1250 g/mol. The number of aliphatic carboxylic acids is 2. The highest BCUT2D eigenvalue weighted by Gasteiger charge is 2.44. The zero-order valence-electron chi connectivity index (χ0n) is 48.4. The Kier molecular flexibility index (Phi) is 29.2. The number of amides is 10. The molecule has 2 unspecified atom stereocenters. The van der Waals surface area contributed by atoms with E-state index in [1.165, 1.54) is 29.2 Å². The van der Waals surface area contributed by atoms with Crippen molar-refractivity contribution in [3.63, 3.8) is 0 Å². The molecule has 0 bridgehead atoms. The third kappa shape index (κ3) is 22.1. The molecule has 3 heterocycles. The summed E-state index contributed by atoms with van der Waals surface area (Å²) in [4.78, 5) is 167. The van der Waals surface area contributed by atoms with Crippen molar-refractivity contribution in [2.24, 2.45) is 29.0 Å². The van der Waals surface area contributed by atoms with E-state index in [1.54, 1.807) is 13.8 Å². The van der Waals surface area contributed by atoms with E-state index in [4.69, 9.17) is 17.2 Å². The summed E-state index contributed by atoms with van der Waals surface area (Å²) < 4.78 is 0. The lowest BCUT2D eigenvalue weighted by atomic mass is 9.94. The number of carbonyl (C=O) groups is 12. The molecule has 13 atom stereocenters. The minimum absolute atomic E-state index is 0.0104. The third-order valence-corrected chi connectivity index (χ3v) is 17.3. The highest BCUT2D eigenvalue weighted by atomic mass is 33.1. The van der Waals surface area contributed by atoms with Gasteiger partial charge in [-0.05, 0) is 101 Å². The lowest BCUT2D eigenvalue weighted by molar-refractivity contribution is -0.145. The fourth-order valence-corrected chi connectivity index (χ4v) is 12.6. The molecule has 0 aromatic heterocycles. The Morgan fingerprint density at radius 3 is 1.87 bits per heavy atom. The summed E-state index contributed by atoms with van der Waals surface area (Å²) in [6, 6.07) is -9.47. The van der Waals surface area contributed by atoms with E-state index in [1.807, 2.05) is 0 Å². The molecule has 30 nitrogen and oxygen atoms in total. The van der Waals surface area contributed by atoms with Gasteiger partial charge in [0.1, 0.15) is 60.1 Å². The Morgan fingerprint density at radius 2 is 1.31 bits per heavy atom. The van der Waals surface area contributed by atoms with E-state index in [0.717, 1.165) is 33.4 Å². The smallest absolute Gasteiger partial charge is 0.305 e. The van der Waals surface area contributed by atoms with Crippen molar-refractivity contribution in [3.05, 3.63) is 29.8 Å². The first-order valence-corrected chi connectivity index (χ1v) is 31.1. The van der Waals surface area contributed by atoms with Gasteiger partial charge in [-0.3, -0.25) is 57.5 Å². The maximum atomic E-state index is 14.8. The second-order valence-corrected chi connectivity index (χ2v) is 24.7. The van der Waals surface area contributed by atoms with Crippen molar-refractivity contribution in [3.8, 4) is 5.75 Å². The van der Waals surface area contributed by atoms with Crippen LogP contribution >= 0.6 is 21.6 Å². The first-order chi connectivity index (χ1) is 40.6. The number of primary amides is 1. The van der Waals surface area contributed by atoms with Gasteiger partial charge in [-0.2, -0.15) is 0 Å². The maximum absolute atomic E-state index is 14.8. The van der Waals surface area contributed by atoms with Crippen LogP contribution in [0.4, 0.5) is 0 Å². The molecule has 0 aliphatic carbocycles. The summed E-state index contributed by atoms with van der Waals surface area (Å²) in [7, 11) is 1.94. The monoisotopic (exact) mass is 1250 g/mol. The Hall–Kier alpha value is -6.84. The van der Waals surface area contributed by atoms with Crippen molar-refractivity contribution in [2.75, 3.05) is 37.7 Å². The number of aromatic hydroxyl groups is 1. The van der Waals surface area contributed by atoms with Gasteiger partial charge < -0.3 is 94.9 Å². The number of nitrogens with one attached hydrogen (secondary N) is 7. The van der Waals surface area contributed by atoms with Crippen LogP contribution in [0.25, 0.3) is 0 Å². The Balaban J connectivity index is 1.83. The van der Waals surface area contributed by atoms with Gasteiger partial charge in [0.15, 0.2) is 0 Å². The van der Waals surface area contributed by atoms with Gasteiger partial charge in [0.05, 0.1) is 37.2 Å². The number of rotatable bonds is 20. The molecule has 10 amide bonds. The highest BCUT2D eigenvalue weighted by Crippen LogP contribution is 2.30. The van der Waals surface area contributed by atoms with Gasteiger partial charge in [-0.25, -0.2) is 0 Å². The summed E-state index contributed by atoms with van der Waals surface area (Å²) >= 11 is 0. The fraction of sp³-hybridized carbons (Fsp3) is 0.667. The van der Waals surface area contributed by atoms with Crippen LogP contribution in [0.3, 0.4) is 0 Å². The number of nitrogens with two attached hydrogens (primary N) is 3. The first-order valence-electron chi connectivity index (χ1n) is 28.6. The molecule has 4 rings (SSSR count). The molecule has 3 fully saturated rings. The molecule has 0 radical (unpaired) electrons. The number of phenolic OH excluding ortho intramolecular Hbond substituents is 1. The van der Waals surface area contributed by atoms with Gasteiger partial charge in [-0.1, -0.05) is 47.6 Å². The van der Waals surface area contributed by atoms with Gasteiger partial charge in [-0.15, -0.1) is 0 Å². The lowest BCUT2D eigenvalue weighted by Gasteiger charge is -2.32. The Morgan fingerprint density at radius 1 is 0.744 bits per heavy atom. The van der Waals surface area contributed by atoms with Gasteiger partial charge >= 0.3 is 11.9 Å². The molecular formula is C54H84N12O18S2. The van der Waals surface area contributed by atoms with Crippen molar-refractivity contribution in [2.45, 2.75) is 177 Å². The highest BCUT2D eigenvalue weighted by molar-refractivity contribution is 8.76. The molecule has 1 aromatic carbocycles. The van der Waals surface area contributed by atoms with Crippen LogP contribution in [-0.2, 0) is 64.0 Å². The summed E-state index contributed by atoms with van der Waals surface area (Å²) in [5, 5.41) is 79.7. The predicted octanol–water partition coefficient (Wildman–Crippen LogP) is -4.23. The molecule has 480 valence electrons. The van der Waals surface area contributed by atoms with E-state index in [0.29, 0.717) is 18.4 Å². The molecule has 3 aliphatic heterocycles. The van der Waals surface area contributed by atoms with Crippen LogP contribution in [0.2, 0.25) is 0 Å². The number of aliphatic hydroxyl groups excluding tert-OH is 3. The standard InChI is InChI=1S/C54H84N12O18S2/c1-27(2)20-35-48(78)60-37(23-43(73)74)50(80)64-44(28(3)68)54(84)66-19-7-10-40(66)52(82)62-36(21-29-11-13-31(69)14-12-29)49(79)58-33(15-16-42(71)72)41(70)22-30(45(57)75)25-85-86-26-38(53(83)65-18-6-9-39(65)51(81)61-35)63-47(77)34(8-4-5-17-55)59-46(76)32(56)24-67/h11-14,27-28,30,32-41,44,67-70H,4-10,15-26,55-56H2,1-3H3,(H2,57,75)(H,58,79)(H,59,76)(H,60,78)(H,61,81)(H,62,82)(H,63,77)(H,64,80)(H,71,72)(H,73,74)/t28?,30-,32-,33-,34-,35-,36-,37-,38-,39-,40-,41?,44-/m0/s1. The number of carboxylic acids is 2. The number of benzene rings is 1. The summed E-state index contributed by atoms with van der Waals surface area (Å²) in [5.74, 6) is -14.4. The third-order valence-electron chi connectivity index (χ3n) is 14.8. The number of carboxylic acid groups (broad SMARTS) is 2. The quantitative estimate of drug-likeness (QED) is 0.0434. The van der Waals surface area contributed by atoms with E-state index in [-0.39, 0.29) is 87.8 Å². The van der Waals surface area contributed by atoms with Crippen LogP contribution in [0.15, 0.2) is 24.3 Å². The fourth-order valence-electron chi connectivity index (χ4n) is 10.1. The zero-order valence-corrected chi connectivity index (χ0v) is 50.0. The van der Waals surface area contributed by atoms with E-state index < -0.39 is 182 Å². The maximum Gasteiger partial charge on any atom is 0.305 e. The predicted molar refractivity (Wildman–Crippen MR) is 311 cm³/mol. The minimum atomic E-state index is -1.93. The molecule has 86 heavy (non-hydrogen) atoms. The Labute approximate surface area is 505 Å². The zero-order chi connectivity index (χ0) is 63.9. The van der Waals surface area contributed by atoms with Crippen LogP contribution in [-0.4, -0.2) is 222 Å². The number of aliphatic hydroxyl groups is 3. The number of hydrogen-bond acceptors (Lipinski definition) is 20. The van der Waals surface area contributed by atoms with E-state index in [9.17, 15) is 88.2 Å².